The molecule has 2 aromatic carbocycles. The number of sulfone groups is 1. The summed E-state index contributed by atoms with van der Waals surface area (Å²) in [6.45, 7) is 2.63. The van der Waals surface area contributed by atoms with Crippen molar-refractivity contribution >= 4 is 9.84 Å². The molecule has 0 fully saturated rings. The van der Waals surface area contributed by atoms with Gasteiger partial charge in [0, 0.05) is 25.9 Å². The number of fused-ring (bicyclic) bond motifs is 1. The van der Waals surface area contributed by atoms with Crippen molar-refractivity contribution in [3.63, 3.8) is 0 Å². The van der Waals surface area contributed by atoms with Crippen LogP contribution in [0.5, 0.6) is 0 Å². The molecule has 0 saturated carbocycles. The molecule has 116 valence electrons. The highest BCUT2D eigenvalue weighted by molar-refractivity contribution is 7.90. The molecule has 0 N–H and O–H groups in total. The van der Waals surface area contributed by atoms with Crippen LogP contribution in [0.15, 0.2) is 53.4 Å². The zero-order chi connectivity index (χ0) is 15.6. The van der Waals surface area contributed by atoms with Crippen LogP contribution in [-0.4, -0.2) is 32.7 Å². The molecule has 0 atom stereocenters. The summed E-state index contributed by atoms with van der Waals surface area (Å²) in [6.07, 6.45) is 3.33. The molecular formula is C18H21NO2S. The van der Waals surface area contributed by atoms with Gasteiger partial charge < -0.3 is 0 Å². The summed E-state index contributed by atoms with van der Waals surface area (Å²) in [5.41, 5.74) is 3.73. The van der Waals surface area contributed by atoms with Gasteiger partial charge in [-0.05, 0) is 35.6 Å². The fraction of sp³-hybridized carbons (Fsp3) is 0.333. The van der Waals surface area contributed by atoms with Crippen LogP contribution in [0.25, 0.3) is 0 Å². The Morgan fingerprint density at radius 1 is 0.909 bits per heavy atom. The van der Waals surface area contributed by atoms with Crippen molar-refractivity contribution in [3.8, 4) is 0 Å². The van der Waals surface area contributed by atoms with Crippen molar-refractivity contribution < 1.29 is 8.42 Å². The van der Waals surface area contributed by atoms with E-state index in [2.05, 4.69) is 29.2 Å². The van der Waals surface area contributed by atoms with Gasteiger partial charge in [-0.2, -0.15) is 0 Å². The molecule has 0 unspecified atom stereocenters. The fourth-order valence-electron chi connectivity index (χ4n) is 3.11. The lowest BCUT2D eigenvalue weighted by Gasteiger charge is -2.21. The topological polar surface area (TPSA) is 37.4 Å². The molecule has 0 aromatic heterocycles. The fourth-order valence-corrected chi connectivity index (χ4v) is 4.04. The molecule has 1 aliphatic rings. The lowest BCUT2D eigenvalue weighted by Crippen LogP contribution is -2.26. The molecule has 2 aromatic rings. The molecule has 0 amide bonds. The smallest absolute Gasteiger partial charge is 0.175 e. The molecule has 3 nitrogen and oxygen atoms in total. The Kier molecular flexibility index (Phi) is 4.32. The molecule has 0 aliphatic carbocycles. The maximum absolute atomic E-state index is 11.9. The van der Waals surface area contributed by atoms with E-state index < -0.39 is 9.84 Å². The standard InChI is InChI=1S/C18H21NO2S/c1-22(20,21)18-9-5-4-8-17(18)14-19-12-10-15-6-2-3-7-16(15)11-13-19/h2-9H,10-14H2,1H3. The third-order valence-corrected chi connectivity index (χ3v) is 5.48. The monoisotopic (exact) mass is 315 g/mol. The predicted molar refractivity (Wildman–Crippen MR) is 88.7 cm³/mol. The molecule has 22 heavy (non-hydrogen) atoms. The van der Waals surface area contributed by atoms with Crippen molar-refractivity contribution in [2.75, 3.05) is 19.3 Å². The third-order valence-electron chi connectivity index (χ3n) is 4.28. The Hall–Kier alpha value is -1.65. The number of hydrogen-bond donors (Lipinski definition) is 0. The highest BCUT2D eigenvalue weighted by Crippen LogP contribution is 2.20. The Balaban J connectivity index is 1.79. The van der Waals surface area contributed by atoms with Crippen molar-refractivity contribution in [1.29, 1.82) is 0 Å². The van der Waals surface area contributed by atoms with Crippen LogP contribution < -0.4 is 0 Å². The van der Waals surface area contributed by atoms with Gasteiger partial charge in [0.1, 0.15) is 0 Å². The molecule has 0 saturated heterocycles. The van der Waals surface area contributed by atoms with Crippen LogP contribution in [0.2, 0.25) is 0 Å². The van der Waals surface area contributed by atoms with Gasteiger partial charge in [-0.15, -0.1) is 0 Å². The van der Waals surface area contributed by atoms with Gasteiger partial charge >= 0.3 is 0 Å². The van der Waals surface area contributed by atoms with Gasteiger partial charge in [0.25, 0.3) is 0 Å². The summed E-state index contributed by atoms with van der Waals surface area (Å²) in [6, 6.07) is 15.9. The summed E-state index contributed by atoms with van der Waals surface area (Å²) in [5, 5.41) is 0. The maximum Gasteiger partial charge on any atom is 0.175 e. The Morgan fingerprint density at radius 2 is 1.45 bits per heavy atom. The summed E-state index contributed by atoms with van der Waals surface area (Å²) in [4.78, 5) is 2.81. The van der Waals surface area contributed by atoms with Gasteiger partial charge in [-0.25, -0.2) is 8.42 Å². The van der Waals surface area contributed by atoms with Gasteiger partial charge in [0.2, 0.25) is 0 Å². The van der Waals surface area contributed by atoms with Crippen LogP contribution in [0.4, 0.5) is 0 Å². The van der Waals surface area contributed by atoms with Gasteiger partial charge in [-0.1, -0.05) is 42.5 Å². The van der Waals surface area contributed by atoms with E-state index >= 15 is 0 Å². The van der Waals surface area contributed by atoms with E-state index in [-0.39, 0.29) is 0 Å². The first-order valence-electron chi connectivity index (χ1n) is 7.61. The highest BCUT2D eigenvalue weighted by atomic mass is 32.2. The first-order valence-corrected chi connectivity index (χ1v) is 9.50. The summed E-state index contributed by atoms with van der Waals surface area (Å²) >= 11 is 0. The predicted octanol–water partition coefficient (Wildman–Crippen LogP) is 2.69. The van der Waals surface area contributed by atoms with E-state index in [1.54, 1.807) is 12.1 Å². The quantitative estimate of drug-likeness (QED) is 0.874. The molecule has 0 spiro atoms. The van der Waals surface area contributed by atoms with Crippen molar-refractivity contribution in [3.05, 3.63) is 65.2 Å². The Morgan fingerprint density at radius 3 is 2.05 bits per heavy atom. The van der Waals surface area contributed by atoms with Crippen LogP contribution in [-0.2, 0) is 29.2 Å². The van der Waals surface area contributed by atoms with Crippen LogP contribution in [0.1, 0.15) is 16.7 Å². The lowest BCUT2D eigenvalue weighted by molar-refractivity contribution is 0.277. The number of benzene rings is 2. The van der Waals surface area contributed by atoms with E-state index in [0.717, 1.165) is 31.5 Å². The van der Waals surface area contributed by atoms with Gasteiger partial charge in [0.15, 0.2) is 9.84 Å². The molecule has 3 rings (SSSR count). The van der Waals surface area contributed by atoms with E-state index in [1.807, 2.05) is 12.1 Å². The third kappa shape index (κ3) is 3.39. The van der Waals surface area contributed by atoms with Crippen LogP contribution in [0, 0.1) is 0 Å². The first kappa shape index (κ1) is 15.3. The van der Waals surface area contributed by atoms with Crippen molar-refractivity contribution in [2.45, 2.75) is 24.3 Å². The number of rotatable bonds is 3. The minimum absolute atomic E-state index is 0.455. The van der Waals surface area contributed by atoms with Crippen molar-refractivity contribution in [2.24, 2.45) is 0 Å². The average molecular weight is 315 g/mol. The molecular weight excluding hydrogens is 294 g/mol. The second-order valence-corrected chi connectivity index (χ2v) is 7.91. The summed E-state index contributed by atoms with van der Waals surface area (Å²) < 4.78 is 23.8. The maximum atomic E-state index is 11.9. The normalized spacial score (nSPS) is 16.0. The van der Waals surface area contributed by atoms with Crippen LogP contribution in [0.3, 0.4) is 0 Å². The Labute approximate surface area is 132 Å². The minimum atomic E-state index is -3.17. The van der Waals surface area contributed by atoms with Crippen LogP contribution >= 0.6 is 0 Å². The molecule has 1 aliphatic heterocycles. The second kappa shape index (κ2) is 6.23. The zero-order valence-electron chi connectivity index (χ0n) is 12.8. The lowest BCUT2D eigenvalue weighted by atomic mass is 10.0. The zero-order valence-corrected chi connectivity index (χ0v) is 13.6. The number of hydrogen-bond acceptors (Lipinski definition) is 3. The van der Waals surface area contributed by atoms with Crippen molar-refractivity contribution in [1.82, 2.24) is 4.90 Å². The molecule has 0 radical (unpaired) electrons. The summed E-state index contributed by atoms with van der Waals surface area (Å²) in [5.74, 6) is 0. The second-order valence-electron chi connectivity index (χ2n) is 5.92. The first-order chi connectivity index (χ1) is 10.5. The molecule has 4 heteroatoms. The van der Waals surface area contributed by atoms with E-state index in [1.165, 1.54) is 17.4 Å². The molecule has 1 heterocycles. The van der Waals surface area contributed by atoms with Gasteiger partial charge in [-0.3, -0.25) is 4.90 Å². The largest absolute Gasteiger partial charge is 0.298 e. The van der Waals surface area contributed by atoms with Gasteiger partial charge in [0.05, 0.1) is 4.90 Å². The SMILES string of the molecule is CS(=O)(=O)c1ccccc1CN1CCc2ccccc2CC1. The average Bonchev–Trinajstić information content (AvgIpc) is 2.70. The minimum Gasteiger partial charge on any atom is -0.298 e. The van der Waals surface area contributed by atoms with E-state index in [4.69, 9.17) is 0 Å². The molecule has 0 bridgehead atoms. The summed E-state index contributed by atoms with van der Waals surface area (Å²) in [7, 11) is -3.17. The van der Waals surface area contributed by atoms with E-state index in [0.29, 0.717) is 11.4 Å². The number of nitrogens with zero attached hydrogens (tertiary/aromatic N) is 1. The highest BCUT2D eigenvalue weighted by Gasteiger charge is 2.17. The van der Waals surface area contributed by atoms with E-state index in [9.17, 15) is 8.42 Å². The Bertz CT molecular complexity index is 741.